The van der Waals surface area contributed by atoms with E-state index >= 15 is 0 Å². The zero-order valence-electron chi connectivity index (χ0n) is 33.2. The van der Waals surface area contributed by atoms with Crippen LogP contribution in [0, 0.1) is 38.9 Å². The van der Waals surface area contributed by atoms with Gasteiger partial charge in [-0.05, 0) is 110 Å². The van der Waals surface area contributed by atoms with Gasteiger partial charge in [0, 0.05) is 11.0 Å². The zero-order valence-corrected chi connectivity index (χ0v) is 33.2. The molecule has 7 atom stereocenters. The quantitative estimate of drug-likeness (QED) is 0.187. The van der Waals surface area contributed by atoms with E-state index in [1.54, 1.807) is 90.0 Å². The maximum Gasteiger partial charge on any atom is 0.311 e. The van der Waals surface area contributed by atoms with Crippen molar-refractivity contribution in [3.63, 3.8) is 0 Å². The van der Waals surface area contributed by atoms with Crippen LogP contribution in [0.1, 0.15) is 124 Å². The Kier molecular flexibility index (Phi) is 13.6. The maximum absolute atomic E-state index is 13.5. The third-order valence-corrected chi connectivity index (χ3v) is 8.28. The van der Waals surface area contributed by atoms with E-state index in [9.17, 15) is 24.3 Å². The maximum atomic E-state index is 13.5. The second-order valence-electron chi connectivity index (χ2n) is 18.4. The first kappa shape index (κ1) is 43.2. The first-order valence-electron chi connectivity index (χ1n) is 17.5. The molecule has 2 aliphatic rings. The molecule has 11 nitrogen and oxygen atoms in total. The smallest absolute Gasteiger partial charge is 0.311 e. The van der Waals surface area contributed by atoms with Crippen LogP contribution in [0.25, 0.3) is 0 Å². The van der Waals surface area contributed by atoms with Crippen molar-refractivity contribution in [2.45, 2.75) is 167 Å². The lowest BCUT2D eigenvalue weighted by Crippen LogP contribution is -2.64. The molecular formula is C39H62O11. The van der Waals surface area contributed by atoms with Crippen molar-refractivity contribution in [3.05, 3.63) is 11.1 Å². The molecule has 0 unspecified atom stereocenters. The predicted molar refractivity (Wildman–Crippen MR) is 187 cm³/mol. The predicted octanol–water partition coefficient (Wildman–Crippen LogP) is 6.08. The van der Waals surface area contributed by atoms with E-state index in [2.05, 4.69) is 11.8 Å². The van der Waals surface area contributed by atoms with Crippen molar-refractivity contribution in [1.82, 2.24) is 0 Å². The van der Waals surface area contributed by atoms with E-state index in [-0.39, 0.29) is 12.0 Å². The molecular weight excluding hydrogens is 644 g/mol. The summed E-state index contributed by atoms with van der Waals surface area (Å²) in [6, 6.07) is 0. The number of hydrogen-bond donors (Lipinski definition) is 1. The molecule has 1 saturated heterocycles. The average molecular weight is 707 g/mol. The molecule has 1 aliphatic heterocycles. The third-order valence-electron chi connectivity index (χ3n) is 8.28. The van der Waals surface area contributed by atoms with Crippen LogP contribution >= 0.6 is 0 Å². The second kappa shape index (κ2) is 15.7. The van der Waals surface area contributed by atoms with Gasteiger partial charge < -0.3 is 33.5 Å². The van der Waals surface area contributed by atoms with Gasteiger partial charge in [-0.15, -0.1) is 0 Å². The van der Waals surface area contributed by atoms with E-state index in [4.69, 9.17) is 28.4 Å². The number of carbonyl (C=O) groups excluding carboxylic acids is 4. The molecule has 0 aromatic rings. The molecule has 1 heterocycles. The summed E-state index contributed by atoms with van der Waals surface area (Å²) in [5.41, 5.74) is -2.29. The molecule has 1 aliphatic carbocycles. The highest BCUT2D eigenvalue weighted by atomic mass is 16.7. The Hall–Kier alpha value is -2.94. The molecule has 0 radical (unpaired) electrons. The normalized spacial score (nSPS) is 26.6. The number of esters is 4. The van der Waals surface area contributed by atoms with Crippen molar-refractivity contribution < 1.29 is 52.7 Å². The summed E-state index contributed by atoms with van der Waals surface area (Å²) in [7, 11) is 0. The Labute approximate surface area is 299 Å². The highest BCUT2D eigenvalue weighted by Crippen LogP contribution is 2.40. The van der Waals surface area contributed by atoms with Gasteiger partial charge in [-0.2, -0.15) is 0 Å². The van der Waals surface area contributed by atoms with Gasteiger partial charge in [0.25, 0.3) is 0 Å². The highest BCUT2D eigenvalue weighted by molar-refractivity contribution is 5.78. The SMILES string of the molecule is CC1=C(C#C[C@H](C)O[C@@H]2O[C@H](COC(=O)C(C)(C)C)[C@@H](OC(=O)C(C)(C)C)[C@H](OC(=O)C(C)(C)C)[C@H]2OC(=O)C(C)(C)C)C(C)(C)C[C@H](O)C1. The van der Waals surface area contributed by atoms with Crippen molar-refractivity contribution in [2.24, 2.45) is 27.1 Å². The van der Waals surface area contributed by atoms with Crippen LogP contribution in [-0.2, 0) is 47.6 Å². The van der Waals surface area contributed by atoms with Gasteiger partial charge in [0.2, 0.25) is 6.29 Å². The van der Waals surface area contributed by atoms with Crippen molar-refractivity contribution in [3.8, 4) is 11.8 Å². The Morgan fingerprint density at radius 2 is 1.22 bits per heavy atom. The molecule has 11 heteroatoms. The molecule has 2 rings (SSSR count). The van der Waals surface area contributed by atoms with Gasteiger partial charge in [-0.3, -0.25) is 19.2 Å². The lowest BCUT2D eigenvalue weighted by Gasteiger charge is -2.46. The van der Waals surface area contributed by atoms with Crippen LogP contribution < -0.4 is 0 Å². The van der Waals surface area contributed by atoms with Gasteiger partial charge >= 0.3 is 23.9 Å². The van der Waals surface area contributed by atoms with E-state index in [0.29, 0.717) is 12.8 Å². The first-order valence-corrected chi connectivity index (χ1v) is 17.5. The van der Waals surface area contributed by atoms with E-state index in [1.807, 2.05) is 20.8 Å². The van der Waals surface area contributed by atoms with Crippen molar-refractivity contribution in [1.29, 1.82) is 0 Å². The summed E-state index contributed by atoms with van der Waals surface area (Å²) in [6.45, 7) is 27.4. The molecule has 0 saturated carbocycles. The van der Waals surface area contributed by atoms with Crippen molar-refractivity contribution >= 4 is 23.9 Å². The summed E-state index contributed by atoms with van der Waals surface area (Å²) < 4.78 is 36.5. The number of hydrogen-bond acceptors (Lipinski definition) is 11. The van der Waals surface area contributed by atoms with Crippen LogP contribution in [0.15, 0.2) is 11.1 Å². The number of carbonyl (C=O) groups is 4. The minimum atomic E-state index is -1.42. The fourth-order valence-corrected chi connectivity index (χ4v) is 5.28. The summed E-state index contributed by atoms with van der Waals surface area (Å²) in [6.07, 6.45) is -6.94. The van der Waals surface area contributed by atoms with Gasteiger partial charge in [-0.1, -0.05) is 31.3 Å². The summed E-state index contributed by atoms with van der Waals surface area (Å²) in [4.78, 5) is 53.2. The largest absolute Gasteiger partial charge is 0.462 e. The fourth-order valence-electron chi connectivity index (χ4n) is 5.28. The minimum Gasteiger partial charge on any atom is -0.462 e. The van der Waals surface area contributed by atoms with Gasteiger partial charge in [-0.25, -0.2) is 0 Å². The molecule has 284 valence electrons. The van der Waals surface area contributed by atoms with E-state index in [0.717, 1.165) is 11.1 Å². The standard InChI is InChI=1S/C39H62O11/c1-22-19-24(40)20-39(15,16)25(22)18-17-23(2)46-30-29(50-34(44)38(12,13)14)28(49-33(43)37(9,10)11)27(48-32(42)36(6,7)8)26(47-30)21-45-31(41)35(3,4)5/h23-24,26-30,40H,19-21H2,1-16H3/t23-,24+,26+,27+,28-,29+,30+/m0/s1. The fraction of sp³-hybridized carbons (Fsp3) is 0.795. The number of aliphatic hydroxyl groups excluding tert-OH is 1. The van der Waals surface area contributed by atoms with E-state index < -0.39 is 88.5 Å². The Morgan fingerprint density at radius 3 is 1.66 bits per heavy atom. The Morgan fingerprint density at radius 1 is 0.780 bits per heavy atom. The average Bonchev–Trinajstić information content (AvgIpc) is 2.91. The topological polar surface area (TPSA) is 144 Å². The van der Waals surface area contributed by atoms with Crippen LogP contribution in [-0.4, -0.2) is 78.5 Å². The Balaban J connectivity index is 2.71. The minimum absolute atomic E-state index is 0.362. The number of aliphatic hydroxyl groups is 1. The number of rotatable bonds is 7. The second-order valence-corrected chi connectivity index (χ2v) is 18.4. The molecule has 50 heavy (non-hydrogen) atoms. The monoisotopic (exact) mass is 706 g/mol. The van der Waals surface area contributed by atoms with Gasteiger partial charge in [0.1, 0.15) is 18.8 Å². The zero-order chi connectivity index (χ0) is 38.8. The van der Waals surface area contributed by atoms with Crippen LogP contribution in [0.2, 0.25) is 0 Å². The third kappa shape index (κ3) is 11.8. The molecule has 1 fully saturated rings. The van der Waals surface area contributed by atoms with Crippen LogP contribution in [0.5, 0.6) is 0 Å². The van der Waals surface area contributed by atoms with E-state index in [1.165, 1.54) is 0 Å². The summed E-state index contributed by atoms with van der Waals surface area (Å²) >= 11 is 0. The summed E-state index contributed by atoms with van der Waals surface area (Å²) in [5, 5.41) is 10.3. The Bertz CT molecular complexity index is 1350. The number of ether oxygens (including phenoxy) is 6. The first-order chi connectivity index (χ1) is 22.4. The van der Waals surface area contributed by atoms with Crippen molar-refractivity contribution in [2.75, 3.05) is 6.61 Å². The molecule has 0 aromatic heterocycles. The molecule has 1 N–H and O–H groups in total. The highest BCUT2D eigenvalue weighted by Gasteiger charge is 2.55. The van der Waals surface area contributed by atoms with Gasteiger partial charge in [0.05, 0.1) is 27.8 Å². The van der Waals surface area contributed by atoms with Crippen LogP contribution in [0.3, 0.4) is 0 Å². The number of allylic oxidation sites excluding steroid dienone is 1. The molecule has 0 amide bonds. The van der Waals surface area contributed by atoms with Crippen LogP contribution in [0.4, 0.5) is 0 Å². The summed E-state index contributed by atoms with van der Waals surface area (Å²) in [5.74, 6) is 3.89. The molecule has 0 aromatic carbocycles. The lowest BCUT2D eigenvalue weighted by molar-refractivity contribution is -0.315. The lowest BCUT2D eigenvalue weighted by atomic mass is 9.72. The molecule has 0 bridgehead atoms. The van der Waals surface area contributed by atoms with Gasteiger partial charge in [0.15, 0.2) is 18.3 Å². The molecule has 0 spiro atoms.